The number of rotatable bonds is 6. The third-order valence-electron chi connectivity index (χ3n) is 3.74. The molecule has 1 fully saturated rings. The Balaban J connectivity index is 2.04. The maximum absolute atomic E-state index is 13.4. The van der Waals surface area contributed by atoms with Crippen molar-refractivity contribution in [2.75, 3.05) is 50.8 Å². The van der Waals surface area contributed by atoms with Crippen molar-refractivity contribution in [3.05, 3.63) is 29.6 Å². The van der Waals surface area contributed by atoms with E-state index in [1.54, 1.807) is 6.07 Å². The van der Waals surface area contributed by atoms with E-state index in [9.17, 15) is 4.39 Å². The second kappa shape index (κ2) is 7.57. The molecule has 4 nitrogen and oxygen atoms in total. The summed E-state index contributed by atoms with van der Waals surface area (Å²) < 4.78 is 13.4. The molecule has 1 aromatic carbocycles. The molecule has 2 rings (SSSR count). The first kappa shape index (κ1) is 15.2. The predicted octanol–water partition coefficient (Wildman–Crippen LogP) is 1.05. The van der Waals surface area contributed by atoms with Crippen molar-refractivity contribution < 1.29 is 9.50 Å². The van der Waals surface area contributed by atoms with Crippen molar-refractivity contribution in [2.24, 2.45) is 0 Å². The molecule has 0 unspecified atom stereocenters. The SMILES string of the molecule is CCNCc1cc(F)ccc1N1CCN(CCO)CC1. The van der Waals surface area contributed by atoms with Gasteiger partial charge in [0.25, 0.3) is 0 Å². The fourth-order valence-corrected chi connectivity index (χ4v) is 2.62. The van der Waals surface area contributed by atoms with Crippen LogP contribution in [0.2, 0.25) is 0 Å². The van der Waals surface area contributed by atoms with Crippen LogP contribution in [0.4, 0.5) is 10.1 Å². The number of nitrogens with zero attached hydrogens (tertiary/aromatic N) is 2. The van der Waals surface area contributed by atoms with E-state index >= 15 is 0 Å². The highest BCUT2D eigenvalue weighted by Gasteiger charge is 2.18. The summed E-state index contributed by atoms with van der Waals surface area (Å²) in [6.07, 6.45) is 0. The number of aliphatic hydroxyl groups excluding tert-OH is 1. The fourth-order valence-electron chi connectivity index (χ4n) is 2.62. The first-order valence-corrected chi connectivity index (χ1v) is 7.32. The van der Waals surface area contributed by atoms with Gasteiger partial charge in [0.05, 0.1) is 6.61 Å². The number of hydrogen-bond acceptors (Lipinski definition) is 4. The molecule has 1 heterocycles. The first-order chi connectivity index (χ1) is 9.74. The molecule has 5 heteroatoms. The molecule has 0 amide bonds. The minimum Gasteiger partial charge on any atom is -0.395 e. The number of hydrogen-bond donors (Lipinski definition) is 2. The fraction of sp³-hybridized carbons (Fsp3) is 0.600. The Hall–Kier alpha value is -1.17. The second-order valence-electron chi connectivity index (χ2n) is 5.11. The van der Waals surface area contributed by atoms with Crippen LogP contribution in [0.1, 0.15) is 12.5 Å². The summed E-state index contributed by atoms with van der Waals surface area (Å²) in [5, 5.41) is 12.2. The summed E-state index contributed by atoms with van der Waals surface area (Å²) in [4.78, 5) is 4.56. The molecule has 20 heavy (non-hydrogen) atoms. The Kier molecular flexibility index (Phi) is 5.76. The molecule has 0 atom stereocenters. The Bertz CT molecular complexity index is 420. The average molecular weight is 281 g/mol. The van der Waals surface area contributed by atoms with Gasteiger partial charge in [0, 0.05) is 45.0 Å². The number of benzene rings is 1. The zero-order valence-electron chi connectivity index (χ0n) is 12.1. The maximum Gasteiger partial charge on any atom is 0.123 e. The van der Waals surface area contributed by atoms with Gasteiger partial charge >= 0.3 is 0 Å². The summed E-state index contributed by atoms with van der Waals surface area (Å²) in [5.41, 5.74) is 2.14. The molecule has 1 aliphatic rings. The van der Waals surface area contributed by atoms with E-state index in [1.807, 2.05) is 13.0 Å². The summed E-state index contributed by atoms with van der Waals surface area (Å²) in [6, 6.07) is 5.03. The molecular weight excluding hydrogens is 257 g/mol. The van der Waals surface area contributed by atoms with E-state index in [0.717, 1.165) is 50.5 Å². The molecule has 1 saturated heterocycles. The van der Waals surface area contributed by atoms with Gasteiger partial charge in [-0.25, -0.2) is 4.39 Å². The van der Waals surface area contributed by atoms with Crippen LogP contribution in [0.25, 0.3) is 0 Å². The molecule has 0 radical (unpaired) electrons. The Morgan fingerprint density at radius 2 is 2.00 bits per heavy atom. The molecule has 1 aliphatic heterocycles. The third-order valence-corrected chi connectivity index (χ3v) is 3.74. The average Bonchev–Trinajstić information content (AvgIpc) is 2.47. The molecule has 1 aromatic rings. The van der Waals surface area contributed by atoms with Gasteiger partial charge in [-0.05, 0) is 30.3 Å². The van der Waals surface area contributed by atoms with Gasteiger partial charge in [-0.3, -0.25) is 4.90 Å². The lowest BCUT2D eigenvalue weighted by molar-refractivity contribution is 0.188. The lowest BCUT2D eigenvalue weighted by Crippen LogP contribution is -2.47. The minimum absolute atomic E-state index is 0.180. The third kappa shape index (κ3) is 3.91. The van der Waals surface area contributed by atoms with Gasteiger partial charge in [-0.1, -0.05) is 6.92 Å². The van der Waals surface area contributed by atoms with Gasteiger partial charge in [-0.2, -0.15) is 0 Å². The quantitative estimate of drug-likeness (QED) is 0.817. The van der Waals surface area contributed by atoms with E-state index in [1.165, 1.54) is 6.07 Å². The van der Waals surface area contributed by atoms with Crippen molar-refractivity contribution in [1.29, 1.82) is 0 Å². The number of nitrogens with one attached hydrogen (secondary N) is 1. The highest BCUT2D eigenvalue weighted by molar-refractivity contribution is 5.54. The normalized spacial score (nSPS) is 16.6. The minimum atomic E-state index is -0.180. The Morgan fingerprint density at radius 3 is 2.65 bits per heavy atom. The van der Waals surface area contributed by atoms with E-state index in [0.29, 0.717) is 6.54 Å². The van der Waals surface area contributed by atoms with Crippen LogP contribution in [0.5, 0.6) is 0 Å². The number of anilines is 1. The highest BCUT2D eigenvalue weighted by Crippen LogP contribution is 2.23. The zero-order valence-corrected chi connectivity index (χ0v) is 12.1. The Morgan fingerprint density at radius 1 is 1.25 bits per heavy atom. The summed E-state index contributed by atoms with van der Waals surface area (Å²) in [6.45, 7) is 8.30. The van der Waals surface area contributed by atoms with Gasteiger partial charge in [-0.15, -0.1) is 0 Å². The van der Waals surface area contributed by atoms with Gasteiger partial charge in [0.2, 0.25) is 0 Å². The van der Waals surface area contributed by atoms with Crippen molar-refractivity contribution in [1.82, 2.24) is 10.2 Å². The smallest absolute Gasteiger partial charge is 0.123 e. The first-order valence-electron chi connectivity index (χ1n) is 7.32. The molecular formula is C15H24FN3O. The molecule has 2 N–H and O–H groups in total. The molecule has 0 aliphatic carbocycles. The maximum atomic E-state index is 13.4. The lowest BCUT2D eigenvalue weighted by Gasteiger charge is -2.36. The molecule has 0 saturated carbocycles. The summed E-state index contributed by atoms with van der Waals surface area (Å²) in [7, 11) is 0. The van der Waals surface area contributed by atoms with Crippen LogP contribution in [0.3, 0.4) is 0 Å². The number of piperazine rings is 1. The van der Waals surface area contributed by atoms with Crippen LogP contribution in [0.15, 0.2) is 18.2 Å². The van der Waals surface area contributed by atoms with Crippen LogP contribution in [-0.4, -0.2) is 55.9 Å². The van der Waals surface area contributed by atoms with Gasteiger partial charge < -0.3 is 15.3 Å². The van der Waals surface area contributed by atoms with Gasteiger partial charge in [0.15, 0.2) is 0 Å². The van der Waals surface area contributed by atoms with Crippen LogP contribution >= 0.6 is 0 Å². The van der Waals surface area contributed by atoms with Gasteiger partial charge in [0.1, 0.15) is 5.82 Å². The second-order valence-corrected chi connectivity index (χ2v) is 5.11. The van der Waals surface area contributed by atoms with Crippen LogP contribution in [-0.2, 0) is 6.54 Å². The summed E-state index contributed by atoms with van der Waals surface area (Å²) in [5.74, 6) is -0.180. The zero-order chi connectivity index (χ0) is 14.4. The van der Waals surface area contributed by atoms with Crippen LogP contribution in [0, 0.1) is 5.82 Å². The number of halogens is 1. The van der Waals surface area contributed by atoms with E-state index in [2.05, 4.69) is 15.1 Å². The lowest BCUT2D eigenvalue weighted by atomic mass is 10.1. The van der Waals surface area contributed by atoms with Crippen molar-refractivity contribution in [3.63, 3.8) is 0 Å². The van der Waals surface area contributed by atoms with E-state index in [4.69, 9.17) is 5.11 Å². The number of β-amino-alcohol motifs (C(OH)–C–C–N with tert-alkyl or cyclic N) is 1. The van der Waals surface area contributed by atoms with Crippen LogP contribution < -0.4 is 10.2 Å². The van der Waals surface area contributed by atoms with Crippen molar-refractivity contribution in [2.45, 2.75) is 13.5 Å². The molecule has 0 aromatic heterocycles. The molecule has 0 spiro atoms. The molecule has 112 valence electrons. The van der Waals surface area contributed by atoms with Crippen molar-refractivity contribution in [3.8, 4) is 0 Å². The number of aliphatic hydroxyl groups is 1. The van der Waals surface area contributed by atoms with E-state index < -0.39 is 0 Å². The molecule has 0 bridgehead atoms. The van der Waals surface area contributed by atoms with Crippen molar-refractivity contribution >= 4 is 5.69 Å². The topological polar surface area (TPSA) is 38.7 Å². The Labute approximate surface area is 120 Å². The highest BCUT2D eigenvalue weighted by atomic mass is 19.1. The monoisotopic (exact) mass is 281 g/mol. The predicted molar refractivity (Wildman–Crippen MR) is 79.5 cm³/mol. The standard InChI is InChI=1S/C15H24FN3O/c1-2-17-12-13-11-14(16)3-4-15(13)19-7-5-18(6-8-19)9-10-20/h3-4,11,17,20H,2,5-10,12H2,1H3. The summed E-state index contributed by atoms with van der Waals surface area (Å²) >= 11 is 0. The van der Waals surface area contributed by atoms with E-state index in [-0.39, 0.29) is 12.4 Å². The largest absolute Gasteiger partial charge is 0.395 e.